The molecule has 1 atom stereocenters. The minimum Gasteiger partial charge on any atom is -0.455 e. The molecule has 0 fully saturated rings. The van der Waals surface area contributed by atoms with Crippen molar-refractivity contribution in [2.75, 3.05) is 0 Å². The number of para-hydroxylation sites is 1. The van der Waals surface area contributed by atoms with Crippen molar-refractivity contribution in [3.05, 3.63) is 90.1 Å². The molecule has 148 valence electrons. The molecule has 30 heavy (non-hydrogen) atoms. The van der Waals surface area contributed by atoms with Gasteiger partial charge in [-0.1, -0.05) is 68.4 Å². The van der Waals surface area contributed by atoms with Crippen LogP contribution in [0.25, 0.3) is 44.3 Å². The van der Waals surface area contributed by atoms with Crippen LogP contribution in [0.2, 0.25) is 0 Å². The molecular formula is C28H26NO+. The maximum absolute atomic E-state index is 8.43. The van der Waals surface area contributed by atoms with Gasteiger partial charge in [-0.05, 0) is 41.6 Å². The van der Waals surface area contributed by atoms with Gasteiger partial charge in [0.1, 0.15) is 18.2 Å². The molecule has 2 nitrogen and oxygen atoms in total. The molecule has 0 saturated carbocycles. The van der Waals surface area contributed by atoms with Gasteiger partial charge >= 0.3 is 0 Å². The van der Waals surface area contributed by atoms with Crippen LogP contribution >= 0.6 is 0 Å². The Kier molecular flexibility index (Phi) is 3.47. The van der Waals surface area contributed by atoms with E-state index in [-0.39, 0.29) is 0 Å². The molecule has 0 aliphatic rings. The number of hydrogen-bond acceptors (Lipinski definition) is 1. The van der Waals surface area contributed by atoms with Crippen molar-refractivity contribution in [1.82, 2.24) is 0 Å². The molecule has 5 rings (SSSR count). The molecule has 0 saturated heterocycles. The summed E-state index contributed by atoms with van der Waals surface area (Å²) in [4.78, 5) is 0. The van der Waals surface area contributed by atoms with Crippen molar-refractivity contribution in [1.29, 1.82) is 0 Å². The summed E-state index contributed by atoms with van der Waals surface area (Å²) in [7, 11) is 2.00. The quantitative estimate of drug-likeness (QED) is 0.295. The third-order valence-electron chi connectivity index (χ3n) is 5.77. The van der Waals surface area contributed by atoms with Crippen molar-refractivity contribution >= 4 is 21.9 Å². The van der Waals surface area contributed by atoms with Gasteiger partial charge in [0.15, 0.2) is 6.20 Å². The molecule has 0 aliphatic heterocycles. The van der Waals surface area contributed by atoms with E-state index in [9.17, 15) is 0 Å². The van der Waals surface area contributed by atoms with Crippen LogP contribution in [0.5, 0.6) is 0 Å². The van der Waals surface area contributed by atoms with E-state index in [0.717, 1.165) is 49.9 Å². The number of fused-ring (bicyclic) bond motifs is 3. The van der Waals surface area contributed by atoms with Crippen LogP contribution in [-0.4, -0.2) is 0 Å². The van der Waals surface area contributed by atoms with E-state index in [0.29, 0.717) is 5.56 Å². The molecule has 0 radical (unpaired) electrons. The third-order valence-corrected chi connectivity index (χ3v) is 5.77. The highest BCUT2D eigenvalue weighted by Gasteiger charge is 2.21. The van der Waals surface area contributed by atoms with E-state index >= 15 is 0 Å². The monoisotopic (exact) mass is 396 g/mol. The Morgan fingerprint density at radius 2 is 1.80 bits per heavy atom. The molecule has 2 heterocycles. The summed E-state index contributed by atoms with van der Waals surface area (Å²) in [5, 5.41) is 2.19. The van der Waals surface area contributed by atoms with Gasteiger partial charge in [-0.25, -0.2) is 4.57 Å². The summed E-state index contributed by atoms with van der Waals surface area (Å²) < 4.78 is 40.1. The van der Waals surface area contributed by atoms with E-state index in [1.54, 1.807) is 12.1 Å². The molecule has 0 bridgehead atoms. The van der Waals surface area contributed by atoms with Gasteiger partial charge in [-0.15, -0.1) is 0 Å². The summed E-state index contributed by atoms with van der Waals surface area (Å²) in [6.07, 6.45) is 2.03. The maximum atomic E-state index is 8.43. The number of furan rings is 1. The van der Waals surface area contributed by atoms with Gasteiger partial charge in [0.25, 0.3) is 0 Å². The number of aromatic nitrogens is 1. The number of pyridine rings is 1. The maximum Gasteiger partial charge on any atom is 0.216 e. The molecule has 5 aromatic rings. The van der Waals surface area contributed by atoms with Crippen LogP contribution in [-0.2, 0) is 7.05 Å². The Bertz CT molecular complexity index is 1550. The Morgan fingerprint density at radius 1 is 0.933 bits per heavy atom. The normalized spacial score (nSPS) is 16.0. The Morgan fingerprint density at radius 3 is 2.63 bits per heavy atom. The van der Waals surface area contributed by atoms with Crippen molar-refractivity contribution in [2.45, 2.75) is 26.6 Å². The largest absolute Gasteiger partial charge is 0.455 e. The zero-order valence-electron chi connectivity index (χ0n) is 21.4. The second-order valence-electron chi connectivity index (χ2n) is 7.85. The van der Waals surface area contributed by atoms with Crippen LogP contribution < -0.4 is 4.57 Å². The first-order valence-electron chi connectivity index (χ1n) is 12.1. The van der Waals surface area contributed by atoms with E-state index in [4.69, 9.17) is 9.90 Å². The fraction of sp³-hybridized carbons (Fsp3) is 0.179. The smallest absolute Gasteiger partial charge is 0.216 e. The standard InChI is InChI=1S/C28H26NO/c1-18(2)20-8-7-9-21(16-20)22-13-15-25(29(4)17-22)27-19(3)12-14-24-23-10-5-6-11-26(23)30-28(24)27/h5-18H,1-4H3/q+1/i1D3,18D. The van der Waals surface area contributed by atoms with Gasteiger partial charge in [0, 0.05) is 27.9 Å². The van der Waals surface area contributed by atoms with E-state index in [1.165, 1.54) is 6.92 Å². The Hall–Kier alpha value is -3.39. The highest BCUT2D eigenvalue weighted by molar-refractivity contribution is 6.09. The Balaban J connectivity index is 1.62. The molecular weight excluding hydrogens is 366 g/mol. The average Bonchev–Trinajstić information content (AvgIpc) is 3.17. The molecule has 2 heteroatoms. The summed E-state index contributed by atoms with van der Waals surface area (Å²) in [6, 6.07) is 23.7. The van der Waals surface area contributed by atoms with Gasteiger partial charge in [0.2, 0.25) is 5.69 Å². The van der Waals surface area contributed by atoms with E-state index in [2.05, 4.69) is 35.8 Å². The van der Waals surface area contributed by atoms with Crippen molar-refractivity contribution in [3.8, 4) is 22.4 Å². The van der Waals surface area contributed by atoms with Gasteiger partial charge < -0.3 is 4.42 Å². The first-order chi connectivity index (χ1) is 16.1. The summed E-state index contributed by atoms with van der Waals surface area (Å²) in [5.74, 6) is -1.68. The predicted octanol–water partition coefficient (Wildman–Crippen LogP) is 7.18. The second kappa shape index (κ2) is 7.14. The Labute approximate surface area is 183 Å². The number of rotatable bonds is 3. The summed E-state index contributed by atoms with van der Waals surface area (Å²) in [6.45, 7) is 1.12. The lowest BCUT2D eigenvalue weighted by molar-refractivity contribution is -0.659. The van der Waals surface area contributed by atoms with Gasteiger partial charge in [0.05, 0.1) is 5.56 Å². The average molecular weight is 397 g/mol. The number of hydrogen-bond donors (Lipinski definition) is 0. The number of benzene rings is 3. The van der Waals surface area contributed by atoms with Crippen molar-refractivity contribution in [3.63, 3.8) is 0 Å². The van der Waals surface area contributed by atoms with Crippen LogP contribution in [0.1, 0.15) is 36.3 Å². The van der Waals surface area contributed by atoms with Crippen LogP contribution in [0, 0.1) is 6.92 Å². The first kappa shape index (κ1) is 14.6. The predicted molar refractivity (Wildman–Crippen MR) is 125 cm³/mol. The van der Waals surface area contributed by atoms with Crippen molar-refractivity contribution < 1.29 is 14.5 Å². The van der Waals surface area contributed by atoms with Gasteiger partial charge in [-0.2, -0.15) is 0 Å². The lowest BCUT2D eigenvalue weighted by Gasteiger charge is -2.09. The van der Waals surface area contributed by atoms with Crippen LogP contribution in [0.4, 0.5) is 0 Å². The molecule has 0 aliphatic carbocycles. The second-order valence-corrected chi connectivity index (χ2v) is 7.85. The minimum absolute atomic E-state index is 0.472. The zero-order valence-corrected chi connectivity index (χ0v) is 17.4. The molecule has 1 unspecified atom stereocenters. The number of aryl methyl sites for hydroxylation is 2. The highest BCUT2D eigenvalue weighted by Crippen LogP contribution is 2.37. The fourth-order valence-electron chi connectivity index (χ4n) is 4.18. The summed E-state index contributed by atoms with van der Waals surface area (Å²) in [5.41, 5.74) is 7.24. The van der Waals surface area contributed by atoms with Crippen LogP contribution in [0.3, 0.4) is 0 Å². The first-order valence-corrected chi connectivity index (χ1v) is 10.1. The minimum atomic E-state index is -2.41. The lowest BCUT2D eigenvalue weighted by atomic mass is 9.97. The highest BCUT2D eigenvalue weighted by atomic mass is 16.3. The zero-order chi connectivity index (χ0) is 24.3. The molecule has 2 aromatic heterocycles. The van der Waals surface area contributed by atoms with E-state index < -0.39 is 12.7 Å². The molecule has 0 N–H and O–H groups in total. The summed E-state index contributed by atoms with van der Waals surface area (Å²) >= 11 is 0. The van der Waals surface area contributed by atoms with E-state index in [1.807, 2.05) is 49.6 Å². The topological polar surface area (TPSA) is 17.0 Å². The lowest BCUT2D eigenvalue weighted by Crippen LogP contribution is -2.31. The molecule has 3 aromatic carbocycles. The third kappa shape index (κ3) is 3.00. The SMILES string of the molecule is [2H]C([2H])([2H])C([2H])(C)c1cccc(-c2ccc(-c3c(C)ccc4c3oc3ccccc34)[n+](C)c2)c1. The molecule has 0 amide bonds. The van der Waals surface area contributed by atoms with Crippen LogP contribution in [0.15, 0.2) is 83.4 Å². The number of nitrogens with zero attached hydrogens (tertiary/aromatic N) is 1. The fourth-order valence-corrected chi connectivity index (χ4v) is 4.18. The van der Waals surface area contributed by atoms with Crippen molar-refractivity contribution in [2.24, 2.45) is 7.05 Å². The van der Waals surface area contributed by atoms with Gasteiger partial charge in [-0.3, -0.25) is 0 Å². The molecule has 0 spiro atoms.